The number of alkyl halides is 1. The molecule has 1 unspecified atom stereocenters. The van der Waals surface area contributed by atoms with Crippen LogP contribution in [-0.2, 0) is 5.67 Å². The maximum atomic E-state index is 16.2. The molecule has 3 aromatic rings. The van der Waals surface area contributed by atoms with Crippen molar-refractivity contribution in [2.24, 2.45) is 0 Å². The summed E-state index contributed by atoms with van der Waals surface area (Å²) in [5, 5.41) is 18.5. The van der Waals surface area contributed by atoms with Gasteiger partial charge in [-0.2, -0.15) is 8.78 Å². The molecule has 0 aliphatic heterocycles. The highest BCUT2D eigenvalue weighted by Gasteiger charge is 2.44. The van der Waals surface area contributed by atoms with E-state index in [-0.39, 0.29) is 16.9 Å². The van der Waals surface area contributed by atoms with Crippen LogP contribution in [0.3, 0.4) is 0 Å². The molecule has 3 aromatic carbocycles. The first-order valence-electron chi connectivity index (χ1n) is 7.37. The van der Waals surface area contributed by atoms with Crippen molar-refractivity contribution < 1.29 is 32.2 Å². The molecule has 0 fully saturated rings. The van der Waals surface area contributed by atoms with Crippen LogP contribution in [0.25, 0.3) is 0 Å². The lowest BCUT2D eigenvalue weighted by molar-refractivity contribution is 0.248. The van der Waals surface area contributed by atoms with Crippen molar-refractivity contribution in [3.05, 3.63) is 94.6 Å². The second kappa shape index (κ2) is 6.33. The fourth-order valence-corrected chi connectivity index (χ4v) is 2.74. The van der Waals surface area contributed by atoms with Gasteiger partial charge in [0.1, 0.15) is 5.75 Å². The molecule has 2 nitrogen and oxygen atoms in total. The first kappa shape index (κ1) is 17.7. The number of rotatable bonds is 3. The van der Waals surface area contributed by atoms with Gasteiger partial charge in [-0.25, -0.2) is 13.2 Å². The predicted octanol–water partition coefficient (Wildman–Crippen LogP) is 4.92. The summed E-state index contributed by atoms with van der Waals surface area (Å²) in [5.74, 6) is -10.4. The largest absolute Gasteiger partial charge is 0.508 e. The van der Waals surface area contributed by atoms with Gasteiger partial charge in [0.15, 0.2) is 23.1 Å². The molecule has 134 valence electrons. The summed E-state index contributed by atoms with van der Waals surface area (Å²) in [6.45, 7) is 0. The molecule has 2 N–H and O–H groups in total. The van der Waals surface area contributed by atoms with E-state index in [1.807, 2.05) is 0 Å². The minimum absolute atomic E-state index is 0.242. The van der Waals surface area contributed by atoms with Gasteiger partial charge in [0.25, 0.3) is 0 Å². The number of phenolic OH excluding ortho intramolecular Hbond substituents is 2. The molecule has 3 rings (SSSR count). The molecule has 0 aromatic heterocycles. The summed E-state index contributed by atoms with van der Waals surface area (Å²) >= 11 is 0. The molecule has 0 saturated heterocycles. The summed E-state index contributed by atoms with van der Waals surface area (Å²) in [6.07, 6.45) is 0. The molecule has 26 heavy (non-hydrogen) atoms. The third kappa shape index (κ3) is 2.56. The lowest BCUT2D eigenvalue weighted by Crippen LogP contribution is -2.28. The SMILES string of the molecule is Oc1ccc(C(F)(c2ccccc2)c2c(F)c(F)c(O)c(F)c2F)cc1. The van der Waals surface area contributed by atoms with E-state index in [0.717, 1.165) is 24.3 Å². The molecule has 0 heterocycles. The zero-order valence-electron chi connectivity index (χ0n) is 13.0. The normalized spacial score (nSPS) is 13.4. The number of halogens is 5. The minimum atomic E-state index is -3.13. The van der Waals surface area contributed by atoms with Crippen LogP contribution in [0.4, 0.5) is 22.0 Å². The van der Waals surface area contributed by atoms with Gasteiger partial charge in [-0.15, -0.1) is 0 Å². The van der Waals surface area contributed by atoms with Gasteiger partial charge in [0, 0.05) is 0 Å². The van der Waals surface area contributed by atoms with E-state index in [1.54, 1.807) is 0 Å². The van der Waals surface area contributed by atoms with Crippen molar-refractivity contribution in [1.82, 2.24) is 0 Å². The smallest absolute Gasteiger partial charge is 0.204 e. The highest BCUT2D eigenvalue weighted by molar-refractivity contribution is 5.51. The lowest BCUT2D eigenvalue weighted by Gasteiger charge is -2.28. The predicted molar refractivity (Wildman–Crippen MR) is 83.5 cm³/mol. The molecule has 0 amide bonds. The standard InChI is InChI=1S/C19H11F5O2/c20-14-13(15(21)17(23)18(26)16(14)22)19(24,10-4-2-1-3-5-10)11-6-8-12(25)9-7-11/h1-9,25-26H. The second-order valence-electron chi connectivity index (χ2n) is 5.55. The van der Waals surface area contributed by atoms with Gasteiger partial charge in [0.2, 0.25) is 11.6 Å². The van der Waals surface area contributed by atoms with Crippen LogP contribution in [-0.4, -0.2) is 10.2 Å². The fraction of sp³-hybridized carbons (Fsp3) is 0.0526. The fourth-order valence-electron chi connectivity index (χ4n) is 2.74. The van der Waals surface area contributed by atoms with E-state index in [2.05, 4.69) is 0 Å². The highest BCUT2D eigenvalue weighted by Crippen LogP contribution is 2.45. The van der Waals surface area contributed by atoms with E-state index in [0.29, 0.717) is 0 Å². The average Bonchev–Trinajstić information content (AvgIpc) is 2.66. The Kier molecular flexibility index (Phi) is 4.31. The topological polar surface area (TPSA) is 40.5 Å². The summed E-state index contributed by atoms with van der Waals surface area (Å²) < 4.78 is 72.6. The zero-order valence-corrected chi connectivity index (χ0v) is 13.0. The molecule has 0 spiro atoms. The van der Waals surface area contributed by atoms with Gasteiger partial charge in [-0.1, -0.05) is 42.5 Å². The Hall–Kier alpha value is -3.09. The maximum Gasteiger partial charge on any atom is 0.204 e. The number of phenols is 2. The molecular weight excluding hydrogens is 355 g/mol. The van der Waals surface area contributed by atoms with Gasteiger partial charge in [-0.05, 0) is 23.3 Å². The monoisotopic (exact) mass is 366 g/mol. The Morgan fingerprint density at radius 3 is 1.58 bits per heavy atom. The number of hydrogen-bond acceptors (Lipinski definition) is 2. The Balaban J connectivity index is 2.43. The zero-order chi connectivity index (χ0) is 19.1. The first-order chi connectivity index (χ1) is 12.3. The maximum absolute atomic E-state index is 16.2. The molecule has 0 radical (unpaired) electrons. The van der Waals surface area contributed by atoms with Crippen molar-refractivity contribution in [2.75, 3.05) is 0 Å². The molecule has 0 saturated carbocycles. The van der Waals surface area contributed by atoms with Gasteiger partial charge in [-0.3, -0.25) is 0 Å². The van der Waals surface area contributed by atoms with Crippen LogP contribution in [0.5, 0.6) is 11.5 Å². The summed E-state index contributed by atoms with van der Waals surface area (Å²) in [7, 11) is 0. The Morgan fingerprint density at radius 2 is 1.08 bits per heavy atom. The Morgan fingerprint density at radius 1 is 0.615 bits per heavy atom. The van der Waals surface area contributed by atoms with E-state index in [4.69, 9.17) is 5.11 Å². The molecule has 7 heteroatoms. The number of hydrogen-bond donors (Lipinski definition) is 2. The summed E-state index contributed by atoms with van der Waals surface area (Å²) in [4.78, 5) is 0. The molecule has 0 aliphatic carbocycles. The van der Waals surface area contributed by atoms with Crippen LogP contribution in [0.15, 0.2) is 54.6 Å². The van der Waals surface area contributed by atoms with Crippen molar-refractivity contribution in [1.29, 1.82) is 0 Å². The van der Waals surface area contributed by atoms with Crippen LogP contribution in [0, 0.1) is 23.3 Å². The van der Waals surface area contributed by atoms with Gasteiger partial charge >= 0.3 is 0 Å². The number of aromatic hydroxyl groups is 2. The minimum Gasteiger partial charge on any atom is -0.508 e. The van der Waals surface area contributed by atoms with Gasteiger partial charge < -0.3 is 10.2 Å². The molecule has 1 atom stereocenters. The van der Waals surface area contributed by atoms with Crippen molar-refractivity contribution >= 4 is 0 Å². The van der Waals surface area contributed by atoms with Crippen molar-refractivity contribution in [3.63, 3.8) is 0 Å². The van der Waals surface area contributed by atoms with Crippen molar-refractivity contribution in [2.45, 2.75) is 5.67 Å². The van der Waals surface area contributed by atoms with Crippen LogP contribution < -0.4 is 0 Å². The van der Waals surface area contributed by atoms with E-state index < -0.39 is 40.3 Å². The Labute approximate surface area is 144 Å². The molecule has 0 bridgehead atoms. The quantitative estimate of drug-likeness (QED) is 0.393. The lowest BCUT2D eigenvalue weighted by atomic mass is 9.81. The highest BCUT2D eigenvalue weighted by atomic mass is 19.2. The molecule has 0 aliphatic rings. The third-order valence-corrected chi connectivity index (χ3v) is 4.02. The van der Waals surface area contributed by atoms with Gasteiger partial charge in [0.05, 0.1) is 5.56 Å². The van der Waals surface area contributed by atoms with E-state index in [9.17, 15) is 22.7 Å². The van der Waals surface area contributed by atoms with E-state index >= 15 is 4.39 Å². The summed E-state index contributed by atoms with van der Waals surface area (Å²) in [6, 6.07) is 10.9. The van der Waals surface area contributed by atoms with Crippen LogP contribution in [0.1, 0.15) is 16.7 Å². The van der Waals surface area contributed by atoms with Crippen LogP contribution in [0.2, 0.25) is 0 Å². The summed E-state index contributed by atoms with van der Waals surface area (Å²) in [5.41, 5.74) is -5.34. The number of benzene rings is 3. The van der Waals surface area contributed by atoms with E-state index in [1.165, 1.54) is 30.3 Å². The van der Waals surface area contributed by atoms with Crippen LogP contribution >= 0.6 is 0 Å². The average molecular weight is 366 g/mol. The second-order valence-corrected chi connectivity index (χ2v) is 5.55. The van der Waals surface area contributed by atoms with Crippen molar-refractivity contribution in [3.8, 4) is 11.5 Å². The first-order valence-corrected chi connectivity index (χ1v) is 7.37. The third-order valence-electron chi connectivity index (χ3n) is 4.02. The Bertz CT molecular complexity index is 929. The molecular formula is C19H11F5O2.